The fourth-order valence-corrected chi connectivity index (χ4v) is 1.44. The highest BCUT2D eigenvalue weighted by molar-refractivity contribution is 7.71. The van der Waals surface area contributed by atoms with E-state index in [0.29, 0.717) is 9.53 Å². The first-order valence-corrected chi connectivity index (χ1v) is 4.19. The van der Waals surface area contributed by atoms with Crippen LogP contribution in [0.3, 0.4) is 0 Å². The van der Waals surface area contributed by atoms with Crippen LogP contribution in [-0.4, -0.2) is 10.2 Å². The number of hydrogen-bond acceptors (Lipinski definition) is 2. The van der Waals surface area contributed by atoms with Gasteiger partial charge in [-0.15, -0.1) is 0 Å². The van der Waals surface area contributed by atoms with Crippen molar-refractivity contribution in [3.8, 4) is 0 Å². The second-order valence-electron chi connectivity index (χ2n) is 2.42. The van der Waals surface area contributed by atoms with Crippen molar-refractivity contribution in [3.63, 3.8) is 0 Å². The molecule has 1 N–H and O–H groups in total. The summed E-state index contributed by atoms with van der Waals surface area (Å²) in [5.74, 6) is 0. The summed E-state index contributed by atoms with van der Waals surface area (Å²) in [6.45, 7) is 0. The molecule has 0 aliphatic rings. The van der Waals surface area contributed by atoms with E-state index in [4.69, 9.17) is 23.8 Å². The van der Waals surface area contributed by atoms with Crippen molar-refractivity contribution in [2.45, 2.75) is 0 Å². The van der Waals surface area contributed by atoms with Crippen LogP contribution in [0.1, 0.15) is 0 Å². The van der Waals surface area contributed by atoms with Gasteiger partial charge in [-0.3, -0.25) is 5.10 Å². The largest absolute Gasteiger partial charge is 0.278 e. The summed E-state index contributed by atoms with van der Waals surface area (Å²) in [7, 11) is 0. The lowest BCUT2D eigenvalue weighted by Crippen LogP contribution is -1.82. The van der Waals surface area contributed by atoms with Gasteiger partial charge in [-0.1, -0.05) is 23.8 Å². The Morgan fingerprint density at radius 1 is 1.42 bits per heavy atom. The van der Waals surface area contributed by atoms with Crippen molar-refractivity contribution in [1.82, 2.24) is 10.2 Å². The van der Waals surface area contributed by atoms with Gasteiger partial charge in [-0.2, -0.15) is 5.10 Å². The summed E-state index contributed by atoms with van der Waals surface area (Å²) in [6, 6.07) is 5.49. The molecule has 0 unspecified atom stereocenters. The lowest BCUT2D eigenvalue weighted by atomic mass is 10.2. The molecule has 1 heterocycles. The number of fused-ring (bicyclic) bond motifs is 1. The molecule has 4 heteroatoms. The Bertz CT molecular complexity index is 478. The molecule has 1 aromatic heterocycles. The van der Waals surface area contributed by atoms with Crippen LogP contribution in [0.25, 0.3) is 10.9 Å². The molecule has 0 fully saturated rings. The molecule has 0 atom stereocenters. The summed E-state index contributed by atoms with van der Waals surface area (Å²) in [6.07, 6.45) is 1.61. The normalized spacial score (nSPS) is 10.4. The van der Waals surface area contributed by atoms with Gasteiger partial charge in [0.25, 0.3) is 0 Å². The fraction of sp³-hybridized carbons (Fsp3) is 0. The van der Waals surface area contributed by atoms with E-state index in [-0.39, 0.29) is 0 Å². The SMILES string of the molecule is S=c1cn[nH]c2ccc(Cl)cc12. The monoisotopic (exact) mass is 196 g/mol. The Kier molecular flexibility index (Phi) is 1.83. The number of benzene rings is 1. The number of aromatic nitrogens is 2. The number of H-pyrrole nitrogens is 1. The molecule has 12 heavy (non-hydrogen) atoms. The molecule has 2 nitrogen and oxygen atoms in total. The number of hydrogen-bond donors (Lipinski definition) is 1. The lowest BCUT2D eigenvalue weighted by Gasteiger charge is -1.96. The van der Waals surface area contributed by atoms with Gasteiger partial charge in [0.05, 0.1) is 16.2 Å². The van der Waals surface area contributed by atoms with Gasteiger partial charge < -0.3 is 0 Å². The standard InChI is InChI=1S/C8H5ClN2S/c9-5-1-2-7-6(3-5)8(12)4-10-11-7/h1-4H,(H,11,12). The maximum absolute atomic E-state index is 5.81. The first-order valence-electron chi connectivity index (χ1n) is 3.40. The molecular weight excluding hydrogens is 192 g/mol. The van der Waals surface area contributed by atoms with Gasteiger partial charge in [-0.05, 0) is 18.2 Å². The number of rotatable bonds is 0. The van der Waals surface area contributed by atoms with Gasteiger partial charge in [0.2, 0.25) is 0 Å². The maximum Gasteiger partial charge on any atom is 0.0672 e. The quantitative estimate of drug-likeness (QED) is 0.657. The van der Waals surface area contributed by atoms with Crippen molar-refractivity contribution in [1.29, 1.82) is 0 Å². The van der Waals surface area contributed by atoms with Gasteiger partial charge in [-0.25, -0.2) is 0 Å². The average molecular weight is 197 g/mol. The van der Waals surface area contributed by atoms with Gasteiger partial charge >= 0.3 is 0 Å². The van der Waals surface area contributed by atoms with E-state index < -0.39 is 0 Å². The molecule has 1 aromatic carbocycles. The Balaban J connectivity index is 2.98. The van der Waals surface area contributed by atoms with Crippen molar-refractivity contribution in [3.05, 3.63) is 33.9 Å². The predicted molar refractivity (Wildman–Crippen MR) is 51.9 cm³/mol. The van der Waals surface area contributed by atoms with Crippen LogP contribution in [0.4, 0.5) is 0 Å². The van der Waals surface area contributed by atoms with Gasteiger partial charge in [0.1, 0.15) is 0 Å². The van der Waals surface area contributed by atoms with Crippen molar-refractivity contribution in [2.24, 2.45) is 0 Å². The summed E-state index contributed by atoms with van der Waals surface area (Å²) >= 11 is 10.9. The summed E-state index contributed by atoms with van der Waals surface area (Å²) < 4.78 is 0.714. The topological polar surface area (TPSA) is 28.7 Å². The molecule has 0 amide bonds. The number of nitrogens with zero attached hydrogens (tertiary/aromatic N) is 1. The van der Waals surface area contributed by atoms with E-state index in [9.17, 15) is 0 Å². The molecular formula is C8H5ClN2S. The minimum atomic E-state index is 0.688. The molecule has 0 bridgehead atoms. The molecule has 0 aliphatic carbocycles. The summed E-state index contributed by atoms with van der Waals surface area (Å²) in [5.41, 5.74) is 0.909. The number of nitrogens with one attached hydrogen (secondary N) is 1. The summed E-state index contributed by atoms with van der Waals surface area (Å²) in [4.78, 5) is 0. The highest BCUT2D eigenvalue weighted by atomic mass is 35.5. The van der Waals surface area contributed by atoms with Crippen molar-refractivity contribution >= 4 is 34.7 Å². The Morgan fingerprint density at radius 3 is 3.08 bits per heavy atom. The van der Waals surface area contributed by atoms with Crippen molar-refractivity contribution < 1.29 is 0 Å². The Morgan fingerprint density at radius 2 is 2.25 bits per heavy atom. The van der Waals surface area contributed by atoms with Crippen LogP contribution in [-0.2, 0) is 0 Å². The van der Waals surface area contributed by atoms with E-state index in [0.717, 1.165) is 10.9 Å². The minimum Gasteiger partial charge on any atom is -0.278 e. The zero-order valence-corrected chi connectivity index (χ0v) is 7.62. The van der Waals surface area contributed by atoms with E-state index in [1.54, 1.807) is 12.3 Å². The van der Waals surface area contributed by atoms with Crippen LogP contribution in [0.15, 0.2) is 24.4 Å². The van der Waals surface area contributed by atoms with Gasteiger partial charge in [0, 0.05) is 10.4 Å². The maximum atomic E-state index is 5.81. The smallest absolute Gasteiger partial charge is 0.0672 e. The molecule has 0 saturated carbocycles. The molecule has 0 aliphatic heterocycles. The van der Waals surface area contributed by atoms with Crippen LogP contribution >= 0.6 is 23.8 Å². The molecule has 60 valence electrons. The highest BCUT2D eigenvalue weighted by Crippen LogP contribution is 2.17. The third-order valence-corrected chi connectivity index (χ3v) is 2.17. The zero-order chi connectivity index (χ0) is 8.55. The molecule has 0 saturated heterocycles. The third kappa shape index (κ3) is 1.21. The molecule has 0 spiro atoms. The van der Waals surface area contributed by atoms with Crippen LogP contribution in [0.2, 0.25) is 5.02 Å². The molecule has 2 aromatic rings. The minimum absolute atomic E-state index is 0.688. The van der Waals surface area contributed by atoms with E-state index >= 15 is 0 Å². The first kappa shape index (κ1) is 7.71. The Labute approximate surface area is 79.2 Å². The third-order valence-electron chi connectivity index (χ3n) is 1.61. The molecule has 0 radical (unpaired) electrons. The van der Waals surface area contributed by atoms with E-state index in [2.05, 4.69) is 10.2 Å². The van der Waals surface area contributed by atoms with E-state index in [1.165, 1.54) is 0 Å². The average Bonchev–Trinajstić information content (AvgIpc) is 2.07. The van der Waals surface area contributed by atoms with E-state index in [1.807, 2.05) is 12.1 Å². The Hall–Kier alpha value is -0.930. The predicted octanol–water partition coefficient (Wildman–Crippen LogP) is 2.95. The van der Waals surface area contributed by atoms with Crippen LogP contribution in [0, 0.1) is 4.51 Å². The second kappa shape index (κ2) is 2.84. The number of aromatic amines is 1. The second-order valence-corrected chi connectivity index (χ2v) is 3.30. The molecule has 2 rings (SSSR count). The fourth-order valence-electron chi connectivity index (χ4n) is 1.05. The summed E-state index contributed by atoms with van der Waals surface area (Å²) in [5, 5.41) is 8.34. The lowest BCUT2D eigenvalue weighted by molar-refractivity contribution is 1.07. The zero-order valence-electron chi connectivity index (χ0n) is 6.04. The van der Waals surface area contributed by atoms with Gasteiger partial charge in [0.15, 0.2) is 0 Å². The number of halogens is 1. The van der Waals surface area contributed by atoms with Crippen LogP contribution in [0.5, 0.6) is 0 Å². The van der Waals surface area contributed by atoms with Crippen LogP contribution < -0.4 is 0 Å². The van der Waals surface area contributed by atoms with Crippen molar-refractivity contribution in [2.75, 3.05) is 0 Å². The first-order chi connectivity index (χ1) is 5.77. The highest BCUT2D eigenvalue weighted by Gasteiger charge is 1.95.